The third-order valence-electron chi connectivity index (χ3n) is 5.25. The standard InChI is InChI=1S/C21H26N2O4S/c1-16-6-8-20(9-7-16)28(26,27)22(2)15-17-4-3-5-19(14-17)23-12-10-18(11-13-23)21(24)25/h3-9,14,18H,10-13,15H2,1-2H3,(H,24,25). The molecular weight excluding hydrogens is 376 g/mol. The van der Waals surface area contributed by atoms with Crippen LogP contribution >= 0.6 is 0 Å². The van der Waals surface area contributed by atoms with Crippen LogP contribution in [0.5, 0.6) is 0 Å². The number of aliphatic carboxylic acids is 1. The molecule has 1 heterocycles. The normalized spacial score (nSPS) is 15.8. The summed E-state index contributed by atoms with van der Waals surface area (Å²) in [6.07, 6.45) is 1.25. The Morgan fingerprint density at radius 2 is 1.79 bits per heavy atom. The van der Waals surface area contributed by atoms with Crippen molar-refractivity contribution in [2.45, 2.75) is 31.2 Å². The maximum absolute atomic E-state index is 12.8. The molecule has 0 saturated carbocycles. The monoisotopic (exact) mass is 402 g/mol. The fourth-order valence-corrected chi connectivity index (χ4v) is 4.63. The number of piperidine rings is 1. The van der Waals surface area contributed by atoms with Gasteiger partial charge in [0.05, 0.1) is 10.8 Å². The molecule has 0 spiro atoms. The lowest BCUT2D eigenvalue weighted by atomic mass is 9.96. The molecule has 150 valence electrons. The maximum atomic E-state index is 12.8. The van der Waals surface area contributed by atoms with Gasteiger partial charge in [-0.3, -0.25) is 4.79 Å². The van der Waals surface area contributed by atoms with Crippen LogP contribution in [0.25, 0.3) is 0 Å². The van der Waals surface area contributed by atoms with Crippen LogP contribution in [0.3, 0.4) is 0 Å². The van der Waals surface area contributed by atoms with E-state index in [1.165, 1.54) is 4.31 Å². The van der Waals surface area contributed by atoms with E-state index < -0.39 is 16.0 Å². The zero-order valence-electron chi connectivity index (χ0n) is 16.2. The minimum atomic E-state index is -3.55. The van der Waals surface area contributed by atoms with Crippen LogP contribution in [-0.4, -0.2) is 43.9 Å². The quantitative estimate of drug-likeness (QED) is 0.803. The van der Waals surface area contributed by atoms with Crippen molar-refractivity contribution in [2.24, 2.45) is 5.92 Å². The summed E-state index contributed by atoms with van der Waals surface area (Å²) in [4.78, 5) is 13.6. The number of hydrogen-bond donors (Lipinski definition) is 1. The predicted octanol–water partition coefficient (Wildman–Crippen LogP) is 3.12. The Labute approximate surface area is 166 Å². The number of carboxylic acids is 1. The average molecular weight is 403 g/mol. The zero-order valence-corrected chi connectivity index (χ0v) is 17.0. The van der Waals surface area contributed by atoms with Crippen molar-refractivity contribution in [3.05, 3.63) is 59.7 Å². The summed E-state index contributed by atoms with van der Waals surface area (Å²) in [5.41, 5.74) is 2.92. The van der Waals surface area contributed by atoms with E-state index in [0.717, 1.165) is 16.8 Å². The summed E-state index contributed by atoms with van der Waals surface area (Å²) >= 11 is 0. The SMILES string of the molecule is Cc1ccc(S(=O)(=O)N(C)Cc2cccc(N3CCC(C(=O)O)CC3)c2)cc1. The highest BCUT2D eigenvalue weighted by Crippen LogP contribution is 2.25. The summed E-state index contributed by atoms with van der Waals surface area (Å²) in [5, 5.41) is 9.14. The number of nitrogens with zero attached hydrogens (tertiary/aromatic N) is 2. The second-order valence-corrected chi connectivity index (χ2v) is 9.39. The smallest absolute Gasteiger partial charge is 0.306 e. The van der Waals surface area contributed by atoms with E-state index in [0.29, 0.717) is 25.9 Å². The summed E-state index contributed by atoms with van der Waals surface area (Å²) in [6, 6.07) is 14.6. The largest absolute Gasteiger partial charge is 0.481 e. The van der Waals surface area contributed by atoms with Gasteiger partial charge in [-0.25, -0.2) is 8.42 Å². The Kier molecular flexibility index (Phi) is 6.05. The molecule has 1 saturated heterocycles. The van der Waals surface area contributed by atoms with Gasteiger partial charge in [0, 0.05) is 32.4 Å². The molecular formula is C21H26N2O4S. The molecule has 1 N–H and O–H groups in total. The Balaban J connectivity index is 1.70. The van der Waals surface area contributed by atoms with E-state index in [2.05, 4.69) is 4.90 Å². The molecule has 1 aliphatic rings. The highest BCUT2D eigenvalue weighted by molar-refractivity contribution is 7.89. The third-order valence-corrected chi connectivity index (χ3v) is 7.07. The molecule has 0 radical (unpaired) electrons. The maximum Gasteiger partial charge on any atom is 0.306 e. The van der Waals surface area contributed by atoms with Crippen LogP contribution in [0.1, 0.15) is 24.0 Å². The van der Waals surface area contributed by atoms with Gasteiger partial charge in [0.15, 0.2) is 0 Å². The van der Waals surface area contributed by atoms with Gasteiger partial charge in [-0.05, 0) is 49.6 Å². The molecule has 0 atom stereocenters. The van der Waals surface area contributed by atoms with Crippen molar-refractivity contribution in [3.63, 3.8) is 0 Å². The van der Waals surface area contributed by atoms with Crippen LogP contribution in [-0.2, 0) is 21.4 Å². The summed E-state index contributed by atoms with van der Waals surface area (Å²) in [7, 11) is -1.97. The van der Waals surface area contributed by atoms with E-state index in [1.807, 2.05) is 31.2 Å². The van der Waals surface area contributed by atoms with Gasteiger partial charge in [0.1, 0.15) is 0 Å². The fourth-order valence-electron chi connectivity index (χ4n) is 3.47. The molecule has 3 rings (SSSR count). The fraction of sp³-hybridized carbons (Fsp3) is 0.381. The van der Waals surface area contributed by atoms with Crippen LogP contribution in [0.15, 0.2) is 53.4 Å². The number of carboxylic acid groups (broad SMARTS) is 1. The first-order chi connectivity index (χ1) is 13.3. The lowest BCUT2D eigenvalue weighted by Crippen LogP contribution is -2.36. The van der Waals surface area contributed by atoms with Crippen molar-refractivity contribution in [1.29, 1.82) is 0 Å². The Bertz CT molecular complexity index is 933. The van der Waals surface area contributed by atoms with Gasteiger partial charge in [0.2, 0.25) is 10.0 Å². The number of rotatable bonds is 6. The second kappa shape index (κ2) is 8.32. The lowest BCUT2D eigenvalue weighted by molar-refractivity contribution is -0.142. The molecule has 1 aliphatic heterocycles. The summed E-state index contributed by atoms with van der Waals surface area (Å²) in [6.45, 7) is 3.58. The number of sulfonamides is 1. The number of aryl methyl sites for hydroxylation is 1. The molecule has 1 fully saturated rings. The van der Waals surface area contributed by atoms with Gasteiger partial charge >= 0.3 is 5.97 Å². The first kappa shape index (κ1) is 20.4. The molecule has 0 aromatic heterocycles. The van der Waals surface area contributed by atoms with E-state index in [9.17, 15) is 13.2 Å². The molecule has 0 bridgehead atoms. The number of anilines is 1. The highest BCUT2D eigenvalue weighted by atomic mass is 32.2. The van der Waals surface area contributed by atoms with Crippen molar-refractivity contribution in [1.82, 2.24) is 4.31 Å². The third kappa shape index (κ3) is 4.54. The van der Waals surface area contributed by atoms with Crippen LogP contribution in [0.2, 0.25) is 0 Å². The van der Waals surface area contributed by atoms with Gasteiger partial charge < -0.3 is 10.0 Å². The summed E-state index contributed by atoms with van der Waals surface area (Å²) < 4.78 is 26.9. The number of carbonyl (C=O) groups is 1. The van der Waals surface area contributed by atoms with E-state index >= 15 is 0 Å². The van der Waals surface area contributed by atoms with Crippen LogP contribution < -0.4 is 4.90 Å². The van der Waals surface area contributed by atoms with Crippen LogP contribution in [0, 0.1) is 12.8 Å². The van der Waals surface area contributed by atoms with Crippen molar-refractivity contribution in [2.75, 3.05) is 25.0 Å². The van der Waals surface area contributed by atoms with Crippen molar-refractivity contribution in [3.8, 4) is 0 Å². The van der Waals surface area contributed by atoms with E-state index in [1.54, 1.807) is 31.3 Å². The van der Waals surface area contributed by atoms with Gasteiger partial charge in [-0.15, -0.1) is 0 Å². The Morgan fingerprint density at radius 1 is 1.14 bits per heavy atom. The Hall–Kier alpha value is -2.38. The molecule has 7 heteroatoms. The Morgan fingerprint density at radius 3 is 2.39 bits per heavy atom. The second-order valence-electron chi connectivity index (χ2n) is 7.34. The van der Waals surface area contributed by atoms with E-state index in [-0.39, 0.29) is 17.4 Å². The molecule has 6 nitrogen and oxygen atoms in total. The average Bonchev–Trinajstić information content (AvgIpc) is 2.68. The first-order valence-corrected chi connectivity index (χ1v) is 10.8. The predicted molar refractivity (Wildman–Crippen MR) is 109 cm³/mol. The zero-order chi connectivity index (χ0) is 20.3. The molecule has 2 aromatic rings. The molecule has 2 aromatic carbocycles. The van der Waals surface area contributed by atoms with Crippen LogP contribution in [0.4, 0.5) is 5.69 Å². The molecule has 0 aliphatic carbocycles. The van der Waals surface area contributed by atoms with E-state index in [4.69, 9.17) is 5.11 Å². The minimum absolute atomic E-state index is 0.273. The molecule has 0 amide bonds. The van der Waals surface area contributed by atoms with Gasteiger partial charge in [0.25, 0.3) is 0 Å². The topological polar surface area (TPSA) is 77.9 Å². The molecule has 0 unspecified atom stereocenters. The minimum Gasteiger partial charge on any atom is -0.481 e. The first-order valence-electron chi connectivity index (χ1n) is 9.37. The molecule has 28 heavy (non-hydrogen) atoms. The van der Waals surface area contributed by atoms with Crippen molar-refractivity contribution < 1.29 is 18.3 Å². The van der Waals surface area contributed by atoms with Gasteiger partial charge in [-0.2, -0.15) is 4.31 Å². The number of hydrogen-bond acceptors (Lipinski definition) is 4. The highest BCUT2D eigenvalue weighted by Gasteiger charge is 2.25. The summed E-state index contributed by atoms with van der Waals surface area (Å²) in [5.74, 6) is -0.999. The van der Waals surface area contributed by atoms with Crippen molar-refractivity contribution >= 4 is 21.7 Å². The number of benzene rings is 2. The lowest BCUT2D eigenvalue weighted by Gasteiger charge is -2.32. The van der Waals surface area contributed by atoms with Gasteiger partial charge in [-0.1, -0.05) is 29.8 Å².